The zero-order valence-corrected chi connectivity index (χ0v) is 13.2. The highest BCUT2D eigenvalue weighted by Crippen LogP contribution is 2.21. The van der Waals surface area contributed by atoms with Gasteiger partial charge in [-0.2, -0.15) is 0 Å². The zero-order chi connectivity index (χ0) is 15.7. The van der Waals surface area contributed by atoms with Crippen molar-refractivity contribution in [2.45, 2.75) is 25.7 Å². The van der Waals surface area contributed by atoms with Crippen LogP contribution in [0.15, 0.2) is 79.3 Å². The van der Waals surface area contributed by atoms with Gasteiger partial charge in [0.1, 0.15) is 0 Å². The summed E-state index contributed by atoms with van der Waals surface area (Å²) in [5, 5.41) is 0. The Morgan fingerprint density at radius 1 is 0.696 bits per heavy atom. The minimum absolute atomic E-state index is 0.940. The smallest absolute Gasteiger partial charge is 0.0409 e. The van der Waals surface area contributed by atoms with Crippen LogP contribution in [-0.4, -0.2) is 9.97 Å². The van der Waals surface area contributed by atoms with Crippen LogP contribution in [0.25, 0.3) is 0 Å². The molecule has 1 aromatic carbocycles. The van der Waals surface area contributed by atoms with E-state index in [4.69, 9.17) is 0 Å². The molecule has 0 aliphatic rings. The number of pyridine rings is 2. The second-order valence-corrected chi connectivity index (χ2v) is 5.77. The third kappa shape index (κ3) is 5.03. The van der Waals surface area contributed by atoms with Crippen molar-refractivity contribution in [3.8, 4) is 0 Å². The normalized spacial score (nSPS) is 10.8. The molecule has 0 bridgehead atoms. The van der Waals surface area contributed by atoms with Crippen molar-refractivity contribution in [2.24, 2.45) is 0 Å². The average molecular weight is 301 g/mol. The third-order valence-corrected chi connectivity index (χ3v) is 3.97. The van der Waals surface area contributed by atoms with E-state index in [-0.39, 0.29) is 0 Å². The molecule has 23 heavy (non-hydrogen) atoms. The van der Waals surface area contributed by atoms with E-state index in [0.717, 1.165) is 31.4 Å². The Morgan fingerprint density at radius 2 is 1.48 bits per heavy atom. The lowest BCUT2D eigenvalue weighted by Crippen LogP contribution is -2.09. The first-order valence-corrected chi connectivity index (χ1v) is 8.06. The lowest BCUT2D eigenvalue weighted by molar-refractivity contribution is 0.718. The molecule has 3 aromatic rings. The fourth-order valence-corrected chi connectivity index (χ4v) is 2.75. The van der Waals surface area contributed by atoms with Gasteiger partial charge in [-0.3, -0.25) is 9.97 Å². The molecular weight excluding hydrogens is 280 g/mol. The summed E-state index contributed by atoms with van der Waals surface area (Å²) < 4.78 is 0. The average Bonchev–Trinajstić information content (AvgIpc) is 2.62. The molecule has 0 fully saturated rings. The highest BCUT2D eigenvalue weighted by atomic mass is 14.7. The zero-order valence-electron chi connectivity index (χ0n) is 13.2. The molecule has 2 heterocycles. The van der Waals surface area contributed by atoms with Gasteiger partial charge in [0.2, 0.25) is 0 Å². The van der Waals surface area contributed by atoms with Crippen molar-refractivity contribution in [1.82, 2.24) is 9.97 Å². The summed E-state index contributed by atoms with van der Waals surface area (Å²) in [5.41, 5.74) is 3.85. The van der Waals surface area contributed by atoms with E-state index >= 15 is 0 Å². The van der Waals surface area contributed by atoms with E-state index in [1.165, 1.54) is 17.0 Å². The van der Waals surface area contributed by atoms with Crippen molar-refractivity contribution in [2.75, 3.05) is 0 Å². The first-order chi connectivity index (χ1) is 11.4. The van der Waals surface area contributed by atoms with Crippen molar-refractivity contribution >= 4 is 0 Å². The molecule has 115 valence electrons. The van der Waals surface area contributed by atoms with Crippen LogP contribution in [0.2, 0.25) is 0 Å². The van der Waals surface area contributed by atoms with Crippen LogP contribution in [0.1, 0.15) is 23.2 Å². The summed E-state index contributed by atoms with van der Waals surface area (Å²) in [6, 6.07) is 21.0. The van der Waals surface area contributed by atoms with Gasteiger partial charge in [0.15, 0.2) is 0 Å². The van der Waals surface area contributed by atoms with Gasteiger partial charge in [-0.15, -0.1) is 0 Å². The van der Waals surface area contributed by atoms with E-state index in [9.17, 15) is 0 Å². The Hall–Kier alpha value is -2.48. The minimum Gasteiger partial charge on any atom is -0.265 e. The highest BCUT2D eigenvalue weighted by molar-refractivity contribution is 5.21. The predicted molar refractivity (Wildman–Crippen MR) is 93.9 cm³/mol. The van der Waals surface area contributed by atoms with E-state index in [0.29, 0.717) is 0 Å². The molecule has 0 amide bonds. The Bertz CT molecular complexity index is 639. The molecular formula is C21H21N2. The first-order valence-electron chi connectivity index (χ1n) is 8.06. The fraction of sp³-hybridized carbons (Fsp3) is 0.190. The molecule has 1 radical (unpaired) electrons. The van der Waals surface area contributed by atoms with Crippen LogP contribution in [0, 0.1) is 5.92 Å². The lowest BCUT2D eigenvalue weighted by Gasteiger charge is -2.16. The van der Waals surface area contributed by atoms with Gasteiger partial charge in [-0.05, 0) is 67.0 Å². The molecule has 0 saturated heterocycles. The van der Waals surface area contributed by atoms with Gasteiger partial charge in [0.05, 0.1) is 0 Å². The number of aromatic nitrogens is 2. The molecule has 0 N–H and O–H groups in total. The predicted octanol–water partition coefficient (Wildman–Crippen LogP) is 4.47. The largest absolute Gasteiger partial charge is 0.265 e. The van der Waals surface area contributed by atoms with Gasteiger partial charge >= 0.3 is 0 Å². The SMILES string of the molecule is c1ccc(CC[C](Cc2ccncc2)Cc2ccccn2)cc1. The Kier molecular flexibility index (Phi) is 5.52. The third-order valence-electron chi connectivity index (χ3n) is 3.97. The first kappa shape index (κ1) is 15.4. The van der Waals surface area contributed by atoms with Crippen LogP contribution in [0.4, 0.5) is 0 Å². The molecule has 3 rings (SSSR count). The monoisotopic (exact) mass is 301 g/mol. The maximum absolute atomic E-state index is 4.48. The van der Waals surface area contributed by atoms with Gasteiger partial charge < -0.3 is 0 Å². The van der Waals surface area contributed by atoms with Gasteiger partial charge in [0.25, 0.3) is 0 Å². The molecule has 0 saturated carbocycles. The molecule has 2 nitrogen and oxygen atoms in total. The summed E-state index contributed by atoms with van der Waals surface area (Å²) in [6.45, 7) is 0. The number of hydrogen-bond acceptors (Lipinski definition) is 2. The Morgan fingerprint density at radius 3 is 2.22 bits per heavy atom. The minimum atomic E-state index is 0.940. The standard InChI is InChI=1S/C21H21N2/c1-2-6-18(7-3-1)9-10-20(16-19-11-14-22-15-12-19)17-21-8-4-5-13-23-21/h1-8,11-15H,9-10,16-17H2. The van der Waals surface area contributed by atoms with Gasteiger partial charge in [-0.25, -0.2) is 0 Å². The molecule has 2 aromatic heterocycles. The quantitative estimate of drug-likeness (QED) is 0.643. The van der Waals surface area contributed by atoms with Crippen LogP contribution < -0.4 is 0 Å². The van der Waals surface area contributed by atoms with E-state index in [2.05, 4.69) is 64.6 Å². The summed E-state index contributed by atoms with van der Waals surface area (Å²) in [4.78, 5) is 8.59. The number of rotatable bonds is 7. The molecule has 2 heteroatoms. The van der Waals surface area contributed by atoms with Gasteiger partial charge in [0, 0.05) is 24.3 Å². The van der Waals surface area contributed by atoms with Crippen molar-refractivity contribution in [3.63, 3.8) is 0 Å². The molecule has 0 atom stereocenters. The maximum atomic E-state index is 4.48. The summed E-state index contributed by atoms with van der Waals surface area (Å²) in [7, 11) is 0. The van der Waals surface area contributed by atoms with Crippen LogP contribution in [0.3, 0.4) is 0 Å². The van der Waals surface area contributed by atoms with Crippen molar-refractivity contribution in [1.29, 1.82) is 0 Å². The Labute approximate surface area is 138 Å². The van der Waals surface area contributed by atoms with E-state index in [1.807, 2.05) is 24.7 Å². The Balaban J connectivity index is 1.67. The van der Waals surface area contributed by atoms with E-state index < -0.39 is 0 Å². The number of nitrogens with zero attached hydrogens (tertiary/aromatic N) is 2. The van der Waals surface area contributed by atoms with Crippen LogP contribution in [-0.2, 0) is 19.3 Å². The lowest BCUT2D eigenvalue weighted by atomic mass is 9.89. The fourth-order valence-electron chi connectivity index (χ4n) is 2.75. The van der Waals surface area contributed by atoms with Crippen LogP contribution >= 0.6 is 0 Å². The molecule has 0 spiro atoms. The summed E-state index contributed by atoms with van der Waals surface area (Å²) in [6.07, 6.45) is 9.70. The van der Waals surface area contributed by atoms with Crippen molar-refractivity contribution in [3.05, 3.63) is 102 Å². The summed E-state index contributed by atoms with van der Waals surface area (Å²) >= 11 is 0. The van der Waals surface area contributed by atoms with E-state index in [1.54, 1.807) is 0 Å². The number of hydrogen-bond donors (Lipinski definition) is 0. The molecule has 0 unspecified atom stereocenters. The molecule has 0 aliphatic heterocycles. The van der Waals surface area contributed by atoms with Crippen LogP contribution in [0.5, 0.6) is 0 Å². The molecule has 0 aliphatic carbocycles. The number of aryl methyl sites for hydroxylation is 1. The second kappa shape index (κ2) is 8.23. The summed E-state index contributed by atoms with van der Waals surface area (Å²) in [5.74, 6) is 1.51. The second-order valence-electron chi connectivity index (χ2n) is 5.77. The van der Waals surface area contributed by atoms with Crippen molar-refractivity contribution < 1.29 is 0 Å². The maximum Gasteiger partial charge on any atom is 0.0409 e. The topological polar surface area (TPSA) is 25.8 Å². The number of benzene rings is 1. The van der Waals surface area contributed by atoms with Gasteiger partial charge in [-0.1, -0.05) is 36.4 Å². The highest BCUT2D eigenvalue weighted by Gasteiger charge is 2.12.